The van der Waals surface area contributed by atoms with Gasteiger partial charge in [-0.3, -0.25) is 10.2 Å². The molecule has 0 aliphatic heterocycles. The highest BCUT2D eigenvalue weighted by atomic mass is 32.2. The third kappa shape index (κ3) is 7.31. The Morgan fingerprint density at radius 3 is 2.16 bits per heavy atom. The van der Waals surface area contributed by atoms with Gasteiger partial charge in [0, 0.05) is 5.56 Å². The summed E-state index contributed by atoms with van der Waals surface area (Å²) in [6.07, 6.45) is 4.36. The van der Waals surface area contributed by atoms with Crippen molar-refractivity contribution in [2.45, 2.75) is 42.4 Å². The van der Waals surface area contributed by atoms with E-state index in [0.717, 1.165) is 31.7 Å². The van der Waals surface area contributed by atoms with Crippen molar-refractivity contribution in [2.75, 3.05) is 13.7 Å². The molecule has 1 amide bonds. The second-order valence-electron chi connectivity index (χ2n) is 6.68. The van der Waals surface area contributed by atoms with Crippen LogP contribution in [0.4, 0.5) is 0 Å². The Morgan fingerprint density at radius 2 is 1.55 bits per heavy atom. The van der Waals surface area contributed by atoms with Crippen molar-refractivity contribution >= 4 is 26.0 Å². The zero-order valence-corrected chi connectivity index (χ0v) is 19.1. The number of nitrogens with one attached hydrogen (secondary N) is 3. The SMILES string of the molecule is CCCCCCOc1ccc(C(=O)NNS(=O)(=O)c2cccc(S(=O)(=O)NC)c2)cc1. The highest BCUT2D eigenvalue weighted by molar-refractivity contribution is 7.90. The Kier molecular flexibility index (Phi) is 8.99. The third-order valence-corrected chi connectivity index (χ3v) is 7.03. The van der Waals surface area contributed by atoms with E-state index < -0.39 is 26.0 Å². The van der Waals surface area contributed by atoms with Crippen LogP contribution < -0.4 is 19.7 Å². The first kappa shape index (κ1) is 24.8. The Bertz CT molecular complexity index is 1080. The van der Waals surface area contributed by atoms with Crippen molar-refractivity contribution in [2.24, 2.45) is 0 Å². The summed E-state index contributed by atoms with van der Waals surface area (Å²) in [6, 6.07) is 11.1. The number of sulfonamides is 2. The van der Waals surface area contributed by atoms with Gasteiger partial charge in [0.25, 0.3) is 15.9 Å². The van der Waals surface area contributed by atoms with Crippen LogP contribution in [0.5, 0.6) is 5.75 Å². The van der Waals surface area contributed by atoms with E-state index in [1.165, 1.54) is 37.4 Å². The second-order valence-corrected chi connectivity index (χ2v) is 10.2. The second kappa shape index (κ2) is 11.2. The van der Waals surface area contributed by atoms with Gasteiger partial charge in [-0.15, -0.1) is 4.83 Å². The molecule has 2 rings (SSSR count). The molecule has 2 aromatic carbocycles. The summed E-state index contributed by atoms with van der Waals surface area (Å²) in [6.45, 7) is 2.73. The van der Waals surface area contributed by atoms with Gasteiger partial charge in [0.2, 0.25) is 10.0 Å². The predicted octanol–water partition coefficient (Wildman–Crippen LogP) is 2.18. The van der Waals surface area contributed by atoms with Gasteiger partial charge in [-0.2, -0.15) is 0 Å². The first-order chi connectivity index (χ1) is 14.7. The highest BCUT2D eigenvalue weighted by Gasteiger charge is 2.19. The van der Waals surface area contributed by atoms with Crippen LogP contribution in [0.2, 0.25) is 0 Å². The molecule has 0 aliphatic carbocycles. The molecule has 0 atom stereocenters. The molecule has 9 nitrogen and oxygen atoms in total. The van der Waals surface area contributed by atoms with E-state index in [-0.39, 0.29) is 15.4 Å². The van der Waals surface area contributed by atoms with Gasteiger partial charge in [-0.05, 0) is 55.9 Å². The van der Waals surface area contributed by atoms with Crippen LogP contribution in [0, 0.1) is 0 Å². The molecule has 0 aromatic heterocycles. The summed E-state index contributed by atoms with van der Waals surface area (Å²) in [7, 11) is -6.77. The molecule has 0 unspecified atom stereocenters. The average molecular weight is 470 g/mol. The number of carbonyl (C=O) groups excluding carboxylic acids is 1. The number of hydrazine groups is 1. The van der Waals surface area contributed by atoms with Crippen molar-refractivity contribution in [3.05, 3.63) is 54.1 Å². The van der Waals surface area contributed by atoms with Crippen LogP contribution in [0.25, 0.3) is 0 Å². The lowest BCUT2D eigenvalue weighted by atomic mass is 10.2. The number of hydrogen-bond acceptors (Lipinski definition) is 6. The summed E-state index contributed by atoms with van der Waals surface area (Å²) in [4.78, 5) is 13.7. The predicted molar refractivity (Wildman–Crippen MR) is 117 cm³/mol. The molecule has 170 valence electrons. The van der Waals surface area contributed by atoms with Crippen molar-refractivity contribution in [1.82, 2.24) is 15.0 Å². The number of carbonyl (C=O) groups is 1. The van der Waals surface area contributed by atoms with E-state index in [0.29, 0.717) is 12.4 Å². The molecule has 2 aromatic rings. The monoisotopic (exact) mass is 469 g/mol. The van der Waals surface area contributed by atoms with Crippen LogP contribution in [0.1, 0.15) is 43.0 Å². The molecule has 0 saturated carbocycles. The van der Waals surface area contributed by atoms with Gasteiger partial charge in [0.1, 0.15) is 5.75 Å². The smallest absolute Gasteiger partial charge is 0.266 e. The lowest BCUT2D eigenvalue weighted by molar-refractivity contribution is 0.0945. The molecule has 0 saturated heterocycles. The summed E-state index contributed by atoms with van der Waals surface area (Å²) in [5.41, 5.74) is 2.34. The highest BCUT2D eigenvalue weighted by Crippen LogP contribution is 2.16. The molecule has 3 N–H and O–H groups in total. The maximum absolute atomic E-state index is 12.4. The minimum atomic E-state index is -4.18. The van der Waals surface area contributed by atoms with Gasteiger partial charge < -0.3 is 4.74 Å². The van der Waals surface area contributed by atoms with Crippen LogP contribution >= 0.6 is 0 Å². The van der Waals surface area contributed by atoms with Crippen molar-refractivity contribution in [3.63, 3.8) is 0 Å². The van der Waals surface area contributed by atoms with Crippen molar-refractivity contribution in [3.8, 4) is 5.75 Å². The quantitative estimate of drug-likeness (QED) is 0.323. The Labute approximate surface area is 183 Å². The molecule has 11 heteroatoms. The van der Waals surface area contributed by atoms with Gasteiger partial charge in [-0.25, -0.2) is 21.6 Å². The van der Waals surface area contributed by atoms with E-state index in [4.69, 9.17) is 4.74 Å². The fourth-order valence-electron chi connectivity index (χ4n) is 2.59. The van der Waals surface area contributed by atoms with E-state index in [2.05, 4.69) is 17.1 Å². The average Bonchev–Trinajstić information content (AvgIpc) is 2.78. The minimum Gasteiger partial charge on any atom is -0.494 e. The summed E-state index contributed by atoms with van der Waals surface area (Å²) < 4.78 is 56.3. The molecule has 0 fully saturated rings. The standard InChI is InChI=1S/C20H27N3O6S2/c1-3-4-5-6-14-29-17-12-10-16(11-13-17)20(24)22-23-31(27,28)19-9-7-8-18(15-19)30(25,26)21-2/h7-13,15,21,23H,3-6,14H2,1-2H3,(H,22,24). The molecule has 0 radical (unpaired) electrons. The third-order valence-electron chi connectivity index (χ3n) is 4.38. The number of unbranched alkanes of at least 4 members (excludes halogenated alkanes) is 3. The number of benzene rings is 2. The van der Waals surface area contributed by atoms with Crippen molar-refractivity contribution < 1.29 is 26.4 Å². The number of ether oxygens (including phenoxy) is 1. The molecule has 0 heterocycles. The summed E-state index contributed by atoms with van der Waals surface area (Å²) in [5.74, 6) is -0.0479. The molecule has 0 bridgehead atoms. The summed E-state index contributed by atoms with van der Waals surface area (Å²) in [5, 5.41) is 0. The Morgan fingerprint density at radius 1 is 0.903 bits per heavy atom. The Balaban J connectivity index is 1.96. The fraction of sp³-hybridized carbons (Fsp3) is 0.350. The zero-order valence-electron chi connectivity index (χ0n) is 17.4. The number of hydrogen-bond donors (Lipinski definition) is 3. The maximum Gasteiger partial charge on any atom is 0.266 e. The van der Waals surface area contributed by atoms with E-state index in [9.17, 15) is 21.6 Å². The largest absolute Gasteiger partial charge is 0.494 e. The topological polar surface area (TPSA) is 131 Å². The first-order valence-corrected chi connectivity index (χ1v) is 12.7. The van der Waals surface area contributed by atoms with Gasteiger partial charge >= 0.3 is 0 Å². The molecular formula is C20H27N3O6S2. The minimum absolute atomic E-state index is 0.213. The van der Waals surface area contributed by atoms with Gasteiger partial charge in [0.15, 0.2) is 0 Å². The van der Waals surface area contributed by atoms with Crippen LogP contribution in [0.15, 0.2) is 58.3 Å². The zero-order chi connectivity index (χ0) is 22.9. The van der Waals surface area contributed by atoms with E-state index >= 15 is 0 Å². The van der Waals surface area contributed by atoms with Crippen molar-refractivity contribution in [1.29, 1.82) is 0 Å². The van der Waals surface area contributed by atoms with Crippen LogP contribution in [-0.2, 0) is 20.0 Å². The maximum atomic E-state index is 12.4. The molecule has 31 heavy (non-hydrogen) atoms. The van der Waals surface area contributed by atoms with E-state index in [1.807, 2.05) is 4.83 Å². The van der Waals surface area contributed by atoms with E-state index in [1.54, 1.807) is 12.1 Å². The van der Waals surface area contributed by atoms with Gasteiger partial charge in [0.05, 0.1) is 16.4 Å². The first-order valence-electron chi connectivity index (χ1n) is 9.78. The Hall–Kier alpha value is -2.47. The van der Waals surface area contributed by atoms with Crippen LogP contribution in [-0.4, -0.2) is 36.4 Å². The molecule has 0 aliphatic rings. The number of amides is 1. The van der Waals surface area contributed by atoms with Crippen LogP contribution in [0.3, 0.4) is 0 Å². The molecular weight excluding hydrogens is 442 g/mol. The van der Waals surface area contributed by atoms with Gasteiger partial charge in [-0.1, -0.05) is 32.3 Å². The lowest BCUT2D eigenvalue weighted by Gasteiger charge is -2.10. The number of rotatable bonds is 12. The normalized spacial score (nSPS) is 11.8. The molecule has 0 spiro atoms. The summed E-state index contributed by atoms with van der Waals surface area (Å²) >= 11 is 0. The fourth-order valence-corrected chi connectivity index (χ4v) is 4.33. The lowest BCUT2D eigenvalue weighted by Crippen LogP contribution is -2.41.